The van der Waals surface area contributed by atoms with Crippen LogP contribution in [0.4, 0.5) is 0 Å². The first-order chi connectivity index (χ1) is 7.33. The zero-order chi connectivity index (χ0) is 10.3. The van der Waals surface area contributed by atoms with Gasteiger partial charge in [-0.05, 0) is 25.0 Å². The number of pyridine rings is 1. The molecule has 2 aromatic rings. The van der Waals surface area contributed by atoms with Crippen LogP contribution in [0.2, 0.25) is 0 Å². The van der Waals surface area contributed by atoms with Gasteiger partial charge in [-0.25, -0.2) is 4.98 Å². The third-order valence-electron chi connectivity index (χ3n) is 2.57. The molecule has 1 N–H and O–H groups in total. The Hall–Kier alpha value is -1.84. The Kier molecular flexibility index (Phi) is 1.74. The van der Waals surface area contributed by atoms with E-state index in [-0.39, 0.29) is 5.91 Å². The molecule has 1 amide bonds. The molecule has 0 aliphatic heterocycles. The molecule has 0 radical (unpaired) electrons. The maximum atomic E-state index is 11.7. The third-order valence-corrected chi connectivity index (χ3v) is 2.57. The van der Waals surface area contributed by atoms with E-state index in [0.717, 1.165) is 18.5 Å². The van der Waals surface area contributed by atoms with Crippen LogP contribution in [0.25, 0.3) is 5.65 Å². The summed E-state index contributed by atoms with van der Waals surface area (Å²) >= 11 is 0. The number of amides is 1. The molecule has 0 aromatic carbocycles. The van der Waals surface area contributed by atoms with Gasteiger partial charge >= 0.3 is 0 Å². The molecule has 1 saturated carbocycles. The molecule has 76 valence electrons. The Morgan fingerprint density at radius 1 is 1.47 bits per heavy atom. The van der Waals surface area contributed by atoms with E-state index in [1.807, 2.05) is 22.9 Å². The monoisotopic (exact) mass is 201 g/mol. The van der Waals surface area contributed by atoms with Crippen LogP contribution >= 0.6 is 0 Å². The maximum absolute atomic E-state index is 11.7. The molecule has 2 aromatic heterocycles. The SMILES string of the molecule is O=C(NC1CC1)c1ccn2ccnc2c1. The lowest BCUT2D eigenvalue weighted by molar-refractivity contribution is 0.0951. The quantitative estimate of drug-likeness (QED) is 0.794. The maximum Gasteiger partial charge on any atom is 0.251 e. The fourth-order valence-electron chi connectivity index (χ4n) is 1.55. The van der Waals surface area contributed by atoms with Gasteiger partial charge in [-0.1, -0.05) is 0 Å². The molecule has 3 rings (SSSR count). The van der Waals surface area contributed by atoms with Gasteiger partial charge in [0, 0.05) is 30.2 Å². The van der Waals surface area contributed by atoms with E-state index >= 15 is 0 Å². The van der Waals surface area contributed by atoms with Crippen molar-refractivity contribution in [3.63, 3.8) is 0 Å². The number of fused-ring (bicyclic) bond motifs is 1. The molecular formula is C11H11N3O. The number of nitrogens with zero attached hydrogens (tertiary/aromatic N) is 2. The average molecular weight is 201 g/mol. The van der Waals surface area contributed by atoms with Crippen LogP contribution < -0.4 is 5.32 Å². The number of carbonyl (C=O) groups excluding carboxylic acids is 1. The van der Waals surface area contributed by atoms with E-state index in [1.54, 1.807) is 12.3 Å². The van der Waals surface area contributed by atoms with Gasteiger partial charge < -0.3 is 9.72 Å². The fraction of sp³-hybridized carbons (Fsp3) is 0.273. The predicted molar refractivity (Wildman–Crippen MR) is 55.7 cm³/mol. The fourth-order valence-corrected chi connectivity index (χ4v) is 1.55. The zero-order valence-electron chi connectivity index (χ0n) is 8.18. The summed E-state index contributed by atoms with van der Waals surface area (Å²) in [6.07, 6.45) is 7.65. The van der Waals surface area contributed by atoms with E-state index < -0.39 is 0 Å². The lowest BCUT2D eigenvalue weighted by Crippen LogP contribution is -2.25. The van der Waals surface area contributed by atoms with Gasteiger partial charge in [0.2, 0.25) is 0 Å². The standard InChI is InChI=1S/C11H11N3O/c15-11(13-9-1-2-9)8-3-5-14-6-4-12-10(14)7-8/h3-7,9H,1-2H2,(H,13,15). The van der Waals surface area contributed by atoms with E-state index in [2.05, 4.69) is 10.3 Å². The lowest BCUT2D eigenvalue weighted by Gasteiger charge is -2.03. The molecule has 15 heavy (non-hydrogen) atoms. The molecule has 1 aliphatic rings. The van der Waals surface area contributed by atoms with Crippen molar-refractivity contribution in [1.82, 2.24) is 14.7 Å². The van der Waals surface area contributed by atoms with Gasteiger partial charge in [-0.15, -0.1) is 0 Å². The minimum atomic E-state index is 0.00278. The number of rotatable bonds is 2. The van der Waals surface area contributed by atoms with Crippen LogP contribution in [0.5, 0.6) is 0 Å². The molecule has 0 bridgehead atoms. The first-order valence-corrected chi connectivity index (χ1v) is 5.06. The number of aromatic nitrogens is 2. The second-order valence-electron chi connectivity index (χ2n) is 3.86. The molecule has 0 saturated heterocycles. The Balaban J connectivity index is 1.91. The molecule has 1 fully saturated rings. The lowest BCUT2D eigenvalue weighted by atomic mass is 10.2. The van der Waals surface area contributed by atoms with E-state index in [4.69, 9.17) is 0 Å². The zero-order valence-corrected chi connectivity index (χ0v) is 8.18. The summed E-state index contributed by atoms with van der Waals surface area (Å²) < 4.78 is 1.88. The van der Waals surface area contributed by atoms with Gasteiger partial charge in [0.1, 0.15) is 5.65 Å². The van der Waals surface area contributed by atoms with Crippen molar-refractivity contribution in [1.29, 1.82) is 0 Å². The highest BCUT2D eigenvalue weighted by molar-refractivity contribution is 5.95. The Morgan fingerprint density at radius 3 is 3.13 bits per heavy atom. The minimum absolute atomic E-state index is 0.00278. The average Bonchev–Trinajstić information content (AvgIpc) is 2.94. The summed E-state index contributed by atoms with van der Waals surface area (Å²) in [6.45, 7) is 0. The molecule has 0 spiro atoms. The van der Waals surface area contributed by atoms with Crippen LogP contribution in [0.3, 0.4) is 0 Å². The highest BCUT2D eigenvalue weighted by Gasteiger charge is 2.23. The summed E-state index contributed by atoms with van der Waals surface area (Å²) in [5.41, 5.74) is 1.49. The van der Waals surface area contributed by atoms with Crippen LogP contribution in [0, 0.1) is 0 Å². The van der Waals surface area contributed by atoms with Gasteiger partial charge in [0.05, 0.1) is 0 Å². The van der Waals surface area contributed by atoms with Crippen LogP contribution in [-0.4, -0.2) is 21.3 Å². The Bertz CT molecular complexity index is 513. The summed E-state index contributed by atoms with van der Waals surface area (Å²) in [6, 6.07) is 4.01. The van der Waals surface area contributed by atoms with Crippen molar-refractivity contribution in [2.75, 3.05) is 0 Å². The van der Waals surface area contributed by atoms with Gasteiger partial charge in [0.15, 0.2) is 0 Å². The van der Waals surface area contributed by atoms with Crippen molar-refractivity contribution < 1.29 is 4.79 Å². The largest absolute Gasteiger partial charge is 0.349 e. The molecule has 0 unspecified atom stereocenters. The minimum Gasteiger partial charge on any atom is -0.349 e. The van der Waals surface area contributed by atoms with E-state index in [1.165, 1.54) is 0 Å². The van der Waals surface area contributed by atoms with E-state index in [0.29, 0.717) is 11.6 Å². The van der Waals surface area contributed by atoms with Crippen molar-refractivity contribution >= 4 is 11.6 Å². The second kappa shape index (κ2) is 3.08. The Labute approximate surface area is 86.9 Å². The summed E-state index contributed by atoms with van der Waals surface area (Å²) in [7, 11) is 0. The summed E-state index contributed by atoms with van der Waals surface area (Å²) in [5, 5.41) is 2.95. The van der Waals surface area contributed by atoms with E-state index in [9.17, 15) is 4.79 Å². The summed E-state index contributed by atoms with van der Waals surface area (Å²) in [5.74, 6) is 0.00278. The van der Waals surface area contributed by atoms with Crippen molar-refractivity contribution in [2.24, 2.45) is 0 Å². The van der Waals surface area contributed by atoms with Gasteiger partial charge in [0.25, 0.3) is 5.91 Å². The number of imidazole rings is 1. The van der Waals surface area contributed by atoms with Gasteiger partial charge in [-0.3, -0.25) is 4.79 Å². The predicted octanol–water partition coefficient (Wildman–Crippen LogP) is 1.23. The van der Waals surface area contributed by atoms with Gasteiger partial charge in [-0.2, -0.15) is 0 Å². The molecule has 1 aliphatic carbocycles. The van der Waals surface area contributed by atoms with Crippen molar-refractivity contribution in [2.45, 2.75) is 18.9 Å². The topological polar surface area (TPSA) is 46.4 Å². The molecule has 4 nitrogen and oxygen atoms in total. The van der Waals surface area contributed by atoms with Crippen LogP contribution in [-0.2, 0) is 0 Å². The molecule has 0 atom stereocenters. The first kappa shape index (κ1) is 8.47. The molecular weight excluding hydrogens is 190 g/mol. The smallest absolute Gasteiger partial charge is 0.251 e. The first-order valence-electron chi connectivity index (χ1n) is 5.06. The highest BCUT2D eigenvalue weighted by Crippen LogP contribution is 2.19. The van der Waals surface area contributed by atoms with Crippen LogP contribution in [0.1, 0.15) is 23.2 Å². The molecule has 4 heteroatoms. The van der Waals surface area contributed by atoms with Crippen molar-refractivity contribution in [3.05, 3.63) is 36.3 Å². The third kappa shape index (κ3) is 1.58. The molecule has 2 heterocycles. The van der Waals surface area contributed by atoms with Crippen molar-refractivity contribution in [3.8, 4) is 0 Å². The Morgan fingerprint density at radius 2 is 2.33 bits per heavy atom. The normalized spacial score (nSPS) is 15.5. The number of hydrogen-bond acceptors (Lipinski definition) is 2. The number of carbonyl (C=O) groups is 1. The number of hydrogen-bond donors (Lipinski definition) is 1. The summed E-state index contributed by atoms with van der Waals surface area (Å²) in [4.78, 5) is 15.9. The highest BCUT2D eigenvalue weighted by atomic mass is 16.1. The number of nitrogens with one attached hydrogen (secondary N) is 1. The van der Waals surface area contributed by atoms with Crippen LogP contribution in [0.15, 0.2) is 30.7 Å². The second-order valence-corrected chi connectivity index (χ2v) is 3.86.